The van der Waals surface area contributed by atoms with Crippen LogP contribution < -0.4 is 16.0 Å². The van der Waals surface area contributed by atoms with E-state index < -0.39 is 24.9 Å². The number of likely N-dealkylation sites (tertiary alicyclic amines) is 1. The van der Waals surface area contributed by atoms with Gasteiger partial charge in [0.1, 0.15) is 19.3 Å². The zero-order chi connectivity index (χ0) is 28.5. The SMILES string of the molecule is N[C@H](CF)C1CCC(C(=O)N2CC[C@@H](C3CCCCC3)[C@H]2C(=O)Nc2ccc3nc(N4CCOC4=O)sc3c2)CC1. The van der Waals surface area contributed by atoms with E-state index in [0.29, 0.717) is 49.3 Å². The van der Waals surface area contributed by atoms with Crippen LogP contribution in [0.1, 0.15) is 64.2 Å². The first-order chi connectivity index (χ1) is 19.9. The van der Waals surface area contributed by atoms with Gasteiger partial charge in [0, 0.05) is 24.2 Å². The lowest BCUT2D eigenvalue weighted by molar-refractivity contribution is -0.142. The highest BCUT2D eigenvalue weighted by atomic mass is 32.1. The lowest BCUT2D eigenvalue weighted by Gasteiger charge is -2.36. The molecule has 0 bridgehead atoms. The smallest absolute Gasteiger partial charge is 0.416 e. The van der Waals surface area contributed by atoms with Gasteiger partial charge in [0.05, 0.1) is 16.8 Å². The molecule has 1 aromatic heterocycles. The summed E-state index contributed by atoms with van der Waals surface area (Å²) in [4.78, 5) is 47.8. The van der Waals surface area contributed by atoms with Gasteiger partial charge in [-0.1, -0.05) is 43.4 Å². The molecule has 6 rings (SSSR count). The van der Waals surface area contributed by atoms with Crippen molar-refractivity contribution >= 4 is 50.3 Å². The van der Waals surface area contributed by atoms with E-state index in [1.165, 1.54) is 35.5 Å². The Balaban J connectivity index is 1.19. The molecule has 3 atom stereocenters. The van der Waals surface area contributed by atoms with Crippen LogP contribution >= 0.6 is 11.3 Å². The van der Waals surface area contributed by atoms with E-state index in [2.05, 4.69) is 10.3 Å². The average Bonchev–Trinajstić information content (AvgIpc) is 3.74. The van der Waals surface area contributed by atoms with Gasteiger partial charge in [-0.15, -0.1) is 0 Å². The van der Waals surface area contributed by atoms with Crippen molar-refractivity contribution in [1.82, 2.24) is 9.88 Å². The molecule has 0 radical (unpaired) electrons. The minimum absolute atomic E-state index is 0.0655. The maximum Gasteiger partial charge on any atom is 0.416 e. The third-order valence-electron chi connectivity index (χ3n) is 9.79. The summed E-state index contributed by atoms with van der Waals surface area (Å²) in [6.45, 7) is 0.896. The number of carbonyl (C=O) groups excluding carboxylic acids is 3. The second-order valence-corrected chi connectivity index (χ2v) is 13.2. The maximum atomic E-state index is 14.0. The third kappa shape index (κ3) is 5.80. The molecule has 2 saturated heterocycles. The molecule has 3 heterocycles. The highest BCUT2D eigenvalue weighted by molar-refractivity contribution is 7.22. The van der Waals surface area contributed by atoms with Crippen molar-refractivity contribution in [1.29, 1.82) is 0 Å². The number of anilines is 2. The Labute approximate surface area is 244 Å². The van der Waals surface area contributed by atoms with E-state index in [0.717, 1.165) is 42.3 Å². The molecule has 0 unspecified atom stereocenters. The van der Waals surface area contributed by atoms with Crippen molar-refractivity contribution in [3.63, 3.8) is 0 Å². The van der Waals surface area contributed by atoms with E-state index in [1.807, 2.05) is 23.1 Å². The molecule has 41 heavy (non-hydrogen) atoms. The number of aromatic nitrogens is 1. The Bertz CT molecular complexity index is 1270. The van der Waals surface area contributed by atoms with Gasteiger partial charge in [0.15, 0.2) is 5.13 Å². The zero-order valence-electron chi connectivity index (χ0n) is 23.4. The number of amides is 3. The molecule has 2 aliphatic heterocycles. The number of halogens is 1. The average molecular weight is 586 g/mol. The van der Waals surface area contributed by atoms with Gasteiger partial charge in [0.25, 0.3) is 0 Å². The lowest BCUT2D eigenvalue weighted by atomic mass is 9.76. The van der Waals surface area contributed by atoms with Crippen molar-refractivity contribution in [2.75, 3.05) is 36.6 Å². The number of nitrogens with one attached hydrogen (secondary N) is 1. The zero-order valence-corrected chi connectivity index (χ0v) is 24.3. The topological polar surface area (TPSA) is 118 Å². The fraction of sp³-hybridized carbons (Fsp3) is 0.667. The van der Waals surface area contributed by atoms with Gasteiger partial charge >= 0.3 is 6.09 Å². The molecule has 11 heteroatoms. The summed E-state index contributed by atoms with van der Waals surface area (Å²) in [6.07, 6.45) is 9.17. The first-order valence-corrected chi connectivity index (χ1v) is 16.0. The van der Waals surface area contributed by atoms with Crippen molar-refractivity contribution < 1.29 is 23.5 Å². The van der Waals surface area contributed by atoms with E-state index in [9.17, 15) is 18.8 Å². The predicted octanol–water partition coefficient (Wildman–Crippen LogP) is 5.09. The molecule has 3 amide bonds. The van der Waals surface area contributed by atoms with E-state index in [1.54, 1.807) is 0 Å². The number of alkyl halides is 1. The van der Waals surface area contributed by atoms with Gasteiger partial charge in [-0.05, 0) is 68.1 Å². The quantitative estimate of drug-likeness (QED) is 0.467. The molecule has 4 aliphatic rings. The molecule has 4 fully saturated rings. The van der Waals surface area contributed by atoms with E-state index in [-0.39, 0.29) is 29.6 Å². The summed E-state index contributed by atoms with van der Waals surface area (Å²) in [7, 11) is 0. The number of fused-ring (bicyclic) bond motifs is 1. The van der Waals surface area contributed by atoms with Crippen LogP contribution in [0.4, 0.5) is 20.0 Å². The van der Waals surface area contributed by atoms with Gasteiger partial charge in [0.2, 0.25) is 11.8 Å². The molecule has 2 aromatic rings. The predicted molar refractivity (Wildman–Crippen MR) is 157 cm³/mol. The number of carbonyl (C=O) groups is 3. The number of benzene rings is 1. The number of thiazole rings is 1. The van der Waals surface area contributed by atoms with Crippen LogP contribution in [0.3, 0.4) is 0 Å². The van der Waals surface area contributed by atoms with Gasteiger partial charge in [-0.25, -0.2) is 19.1 Å². The van der Waals surface area contributed by atoms with Crippen molar-refractivity contribution in [3.8, 4) is 0 Å². The standard InChI is InChI=1S/C30H40FN5O4S/c31-17-23(32)19-6-8-20(9-7-19)28(38)35-13-12-22(18-4-2-1-3-5-18)26(35)27(37)33-21-10-11-24-25(16-21)41-29(34-24)36-14-15-40-30(36)39/h10-11,16,18-20,22-23,26H,1-9,12-15,17,32H2,(H,33,37)/t19?,20?,22-,23+,26-/m0/s1. The van der Waals surface area contributed by atoms with Gasteiger partial charge < -0.3 is 20.7 Å². The van der Waals surface area contributed by atoms with Crippen molar-refractivity contribution in [2.24, 2.45) is 29.4 Å². The summed E-state index contributed by atoms with van der Waals surface area (Å²) in [5.41, 5.74) is 7.36. The first kappa shape index (κ1) is 28.3. The molecular formula is C30H40FN5O4S. The Morgan fingerprint density at radius 2 is 1.88 bits per heavy atom. The molecule has 222 valence electrons. The Hall–Kier alpha value is -2.79. The molecule has 0 spiro atoms. The van der Waals surface area contributed by atoms with Crippen LogP contribution in [0.5, 0.6) is 0 Å². The number of hydrogen-bond donors (Lipinski definition) is 2. The minimum atomic E-state index is -0.528. The number of nitrogens with two attached hydrogens (primary N) is 1. The van der Waals surface area contributed by atoms with E-state index >= 15 is 0 Å². The van der Waals surface area contributed by atoms with Crippen LogP contribution in [0.15, 0.2) is 18.2 Å². The van der Waals surface area contributed by atoms with Gasteiger partial charge in [-0.3, -0.25) is 9.59 Å². The third-order valence-corrected chi connectivity index (χ3v) is 10.8. The first-order valence-electron chi connectivity index (χ1n) is 15.2. The molecule has 9 nitrogen and oxygen atoms in total. The van der Waals surface area contributed by atoms with Crippen LogP contribution in [0.2, 0.25) is 0 Å². The summed E-state index contributed by atoms with van der Waals surface area (Å²) in [5, 5.41) is 3.71. The van der Waals surface area contributed by atoms with Gasteiger partial charge in [-0.2, -0.15) is 0 Å². The van der Waals surface area contributed by atoms with Crippen LogP contribution in [0.25, 0.3) is 10.2 Å². The van der Waals surface area contributed by atoms with Crippen molar-refractivity contribution in [3.05, 3.63) is 18.2 Å². The lowest BCUT2D eigenvalue weighted by Crippen LogP contribution is -2.50. The highest BCUT2D eigenvalue weighted by Gasteiger charge is 2.47. The largest absolute Gasteiger partial charge is 0.447 e. The van der Waals surface area contributed by atoms with Crippen LogP contribution in [-0.2, 0) is 14.3 Å². The number of ether oxygens (including phenoxy) is 1. The molecule has 1 aromatic carbocycles. The molecular weight excluding hydrogens is 545 g/mol. The van der Waals surface area contributed by atoms with Crippen LogP contribution in [0, 0.1) is 23.7 Å². The Kier molecular flexibility index (Phi) is 8.44. The minimum Gasteiger partial charge on any atom is -0.447 e. The number of cyclic esters (lactones) is 1. The van der Waals surface area contributed by atoms with E-state index in [4.69, 9.17) is 10.5 Å². The summed E-state index contributed by atoms with van der Waals surface area (Å²) >= 11 is 1.39. The molecule has 2 saturated carbocycles. The summed E-state index contributed by atoms with van der Waals surface area (Å²) in [6, 6.07) is 4.62. The number of rotatable bonds is 7. The highest BCUT2D eigenvalue weighted by Crippen LogP contribution is 2.41. The van der Waals surface area contributed by atoms with Crippen LogP contribution in [-0.4, -0.2) is 66.2 Å². The normalized spacial score (nSPS) is 28.2. The second kappa shape index (κ2) is 12.2. The monoisotopic (exact) mass is 585 g/mol. The fourth-order valence-corrected chi connectivity index (χ4v) is 8.52. The molecule has 3 N–H and O–H groups in total. The van der Waals surface area contributed by atoms with Crippen molar-refractivity contribution in [2.45, 2.75) is 76.3 Å². The second-order valence-electron chi connectivity index (χ2n) is 12.2. The molecule has 2 aliphatic carbocycles. The number of hydrogen-bond acceptors (Lipinski definition) is 7. The Morgan fingerprint density at radius 1 is 1.10 bits per heavy atom. The summed E-state index contributed by atoms with van der Waals surface area (Å²) < 4.78 is 19.0. The fourth-order valence-electron chi connectivity index (χ4n) is 7.50. The number of nitrogens with zero attached hydrogens (tertiary/aromatic N) is 3. The Morgan fingerprint density at radius 3 is 2.59 bits per heavy atom. The summed E-state index contributed by atoms with van der Waals surface area (Å²) in [5.74, 6) is 0.512. The maximum absolute atomic E-state index is 14.0.